The molecule has 0 radical (unpaired) electrons. The van der Waals surface area contributed by atoms with Crippen LogP contribution in [-0.4, -0.2) is 56.4 Å². The molecule has 1 aliphatic rings. The van der Waals surface area contributed by atoms with Gasteiger partial charge in [0.15, 0.2) is 0 Å². The third kappa shape index (κ3) is 4.60. The average Bonchev–Trinajstić information content (AvgIpc) is 3.43. The average molecular weight is 488 g/mol. The Bertz CT molecular complexity index is 1050. The van der Waals surface area contributed by atoms with Crippen LogP contribution in [0.25, 0.3) is 9.75 Å². The lowest BCUT2D eigenvalue weighted by atomic mass is 9.89. The van der Waals surface area contributed by atoms with Crippen LogP contribution >= 0.6 is 22.7 Å². The van der Waals surface area contributed by atoms with Crippen molar-refractivity contribution < 1.29 is 38.3 Å². The highest BCUT2D eigenvalue weighted by molar-refractivity contribution is 7.21. The highest BCUT2D eigenvalue weighted by Crippen LogP contribution is 2.39. The van der Waals surface area contributed by atoms with Gasteiger partial charge in [-0.15, -0.1) is 22.7 Å². The van der Waals surface area contributed by atoms with Crippen LogP contribution in [0.3, 0.4) is 0 Å². The van der Waals surface area contributed by atoms with Crippen molar-refractivity contribution in [2.75, 3.05) is 6.61 Å². The summed E-state index contributed by atoms with van der Waals surface area (Å²) in [6, 6.07) is 7.12. The second-order valence-corrected chi connectivity index (χ2v) is 9.50. The molecule has 11 heteroatoms. The van der Waals surface area contributed by atoms with Crippen LogP contribution in [0.5, 0.6) is 0 Å². The van der Waals surface area contributed by atoms with Gasteiger partial charge in [0.05, 0.1) is 22.1 Å². The zero-order valence-electron chi connectivity index (χ0n) is 16.4. The van der Waals surface area contributed by atoms with Gasteiger partial charge in [0.1, 0.15) is 30.5 Å². The Kier molecular flexibility index (Phi) is 6.68. The van der Waals surface area contributed by atoms with Crippen LogP contribution in [0.4, 0.5) is 13.2 Å². The highest BCUT2D eigenvalue weighted by Gasteiger charge is 2.44. The van der Waals surface area contributed by atoms with Crippen LogP contribution in [0.1, 0.15) is 27.8 Å². The summed E-state index contributed by atoms with van der Waals surface area (Å²) in [6.07, 6.45) is -10.2. The van der Waals surface area contributed by atoms with E-state index in [2.05, 4.69) is 4.98 Å². The lowest BCUT2D eigenvalue weighted by Gasteiger charge is -2.40. The topological polar surface area (TPSA) is 103 Å². The van der Waals surface area contributed by atoms with E-state index in [1.807, 2.05) is 17.5 Å². The molecule has 0 bridgehead atoms. The Hall–Kier alpha value is -1.86. The number of aliphatic hydroxyl groups is 4. The first kappa shape index (κ1) is 23.3. The maximum Gasteiger partial charge on any atom is 0.416 e. The molecule has 1 saturated heterocycles. The van der Waals surface area contributed by atoms with Crippen molar-refractivity contribution in [1.29, 1.82) is 0 Å². The van der Waals surface area contributed by atoms with Gasteiger partial charge < -0.3 is 25.2 Å². The summed E-state index contributed by atoms with van der Waals surface area (Å²) >= 11 is 2.81. The van der Waals surface area contributed by atoms with E-state index < -0.39 is 48.9 Å². The molecule has 6 nitrogen and oxygen atoms in total. The minimum Gasteiger partial charge on any atom is -0.394 e. The molecule has 1 fully saturated rings. The predicted molar refractivity (Wildman–Crippen MR) is 112 cm³/mol. The van der Waals surface area contributed by atoms with E-state index in [0.29, 0.717) is 5.01 Å². The second-order valence-electron chi connectivity index (χ2n) is 7.44. The fourth-order valence-electron chi connectivity index (χ4n) is 3.68. The van der Waals surface area contributed by atoms with Crippen molar-refractivity contribution in [1.82, 2.24) is 4.98 Å². The largest absolute Gasteiger partial charge is 0.416 e. The Labute approximate surface area is 189 Å². The van der Waals surface area contributed by atoms with Gasteiger partial charge >= 0.3 is 6.18 Å². The molecule has 32 heavy (non-hydrogen) atoms. The van der Waals surface area contributed by atoms with Crippen molar-refractivity contribution in [2.45, 2.75) is 43.1 Å². The molecule has 4 rings (SSSR count). The number of alkyl halides is 3. The molecule has 1 aliphatic heterocycles. The van der Waals surface area contributed by atoms with E-state index >= 15 is 0 Å². The normalized spacial score (nSPS) is 26.4. The Morgan fingerprint density at radius 3 is 2.47 bits per heavy atom. The number of ether oxygens (including phenoxy) is 1. The number of hydrogen-bond donors (Lipinski definition) is 4. The molecule has 0 unspecified atom stereocenters. The fraction of sp³-hybridized carbons (Fsp3) is 0.381. The number of aliphatic hydroxyl groups excluding tert-OH is 4. The van der Waals surface area contributed by atoms with Crippen molar-refractivity contribution >= 4 is 22.7 Å². The van der Waals surface area contributed by atoms with Gasteiger partial charge in [-0.1, -0.05) is 18.2 Å². The zero-order chi connectivity index (χ0) is 23.0. The van der Waals surface area contributed by atoms with E-state index in [1.54, 1.807) is 6.20 Å². The summed E-state index contributed by atoms with van der Waals surface area (Å²) in [5.74, 6) is 0. The number of hydrogen-bond acceptors (Lipinski definition) is 8. The standard InChI is InChI=1S/C21H20F3NO5S2/c22-21(23,24)12-4-3-10(20-19(29)18(28)17(27)13(9-26)30-20)6-11(12)7-16-25-8-15(32-16)14-2-1-5-31-14/h1-6,8,13,17-20,26-29H,7,9H2/t13-,17-,18+,19-,20+/m1/s1. The molecule has 5 atom stereocenters. The van der Waals surface area contributed by atoms with Gasteiger partial charge in [0.2, 0.25) is 0 Å². The number of nitrogens with zero attached hydrogens (tertiary/aromatic N) is 1. The van der Waals surface area contributed by atoms with Gasteiger partial charge in [-0.3, -0.25) is 0 Å². The number of thiazole rings is 1. The van der Waals surface area contributed by atoms with Crippen molar-refractivity contribution in [3.05, 3.63) is 63.6 Å². The van der Waals surface area contributed by atoms with Gasteiger partial charge in [-0.25, -0.2) is 4.98 Å². The molecule has 4 N–H and O–H groups in total. The maximum atomic E-state index is 13.7. The van der Waals surface area contributed by atoms with Gasteiger partial charge in [-0.05, 0) is 28.6 Å². The van der Waals surface area contributed by atoms with Crippen LogP contribution in [0.15, 0.2) is 41.9 Å². The molecule has 172 valence electrons. The van der Waals surface area contributed by atoms with Crippen molar-refractivity contribution in [3.63, 3.8) is 0 Å². The van der Waals surface area contributed by atoms with Crippen LogP contribution in [0.2, 0.25) is 0 Å². The minimum atomic E-state index is -4.60. The van der Waals surface area contributed by atoms with Crippen molar-refractivity contribution in [2.24, 2.45) is 0 Å². The molecule has 3 aromatic rings. The van der Waals surface area contributed by atoms with E-state index in [4.69, 9.17) is 4.74 Å². The van der Waals surface area contributed by atoms with E-state index in [0.717, 1.165) is 21.9 Å². The lowest BCUT2D eigenvalue weighted by molar-refractivity contribution is -0.231. The lowest BCUT2D eigenvalue weighted by Crippen LogP contribution is -2.55. The van der Waals surface area contributed by atoms with Crippen LogP contribution in [0, 0.1) is 0 Å². The molecule has 1 aromatic carbocycles. The predicted octanol–water partition coefficient (Wildman–Crippen LogP) is 3.00. The maximum absolute atomic E-state index is 13.7. The van der Waals surface area contributed by atoms with Crippen molar-refractivity contribution in [3.8, 4) is 9.75 Å². The summed E-state index contributed by atoms with van der Waals surface area (Å²) in [5.41, 5.74) is -0.697. The molecule has 3 heterocycles. The Balaban J connectivity index is 1.67. The summed E-state index contributed by atoms with van der Waals surface area (Å²) < 4.78 is 46.5. The number of rotatable bonds is 5. The zero-order valence-corrected chi connectivity index (χ0v) is 18.1. The number of halogens is 3. The fourth-order valence-corrected chi connectivity index (χ4v) is 5.44. The van der Waals surface area contributed by atoms with E-state index in [-0.39, 0.29) is 17.5 Å². The first-order valence-electron chi connectivity index (χ1n) is 9.68. The minimum absolute atomic E-state index is 0.0564. The first-order chi connectivity index (χ1) is 15.2. The van der Waals surface area contributed by atoms with Crippen LogP contribution < -0.4 is 0 Å². The second kappa shape index (κ2) is 9.18. The summed E-state index contributed by atoms with van der Waals surface area (Å²) in [6.45, 7) is -0.625. The molecule has 0 aliphatic carbocycles. The number of benzene rings is 1. The van der Waals surface area contributed by atoms with E-state index in [1.165, 1.54) is 28.7 Å². The molecule has 2 aromatic heterocycles. The molecule has 0 spiro atoms. The van der Waals surface area contributed by atoms with Gasteiger partial charge in [0, 0.05) is 17.5 Å². The smallest absolute Gasteiger partial charge is 0.394 e. The number of aromatic nitrogens is 1. The van der Waals surface area contributed by atoms with Gasteiger partial charge in [0.25, 0.3) is 0 Å². The molecular formula is C21H20F3NO5S2. The Morgan fingerprint density at radius 2 is 1.81 bits per heavy atom. The van der Waals surface area contributed by atoms with E-state index in [9.17, 15) is 33.6 Å². The third-order valence-corrected chi connectivity index (χ3v) is 7.38. The van der Waals surface area contributed by atoms with Gasteiger partial charge in [-0.2, -0.15) is 13.2 Å². The molecule has 0 amide bonds. The quantitative estimate of drug-likeness (QED) is 0.441. The van der Waals surface area contributed by atoms with Crippen LogP contribution in [-0.2, 0) is 17.3 Å². The molecule has 0 saturated carbocycles. The SMILES string of the molecule is OC[C@H]1O[C@@H](c2ccc(C(F)(F)F)c(Cc3ncc(-c4cccs4)s3)c2)[C@H](O)[C@@H](O)[C@@H]1O. The Morgan fingerprint density at radius 1 is 1.03 bits per heavy atom. The summed E-state index contributed by atoms with van der Waals surface area (Å²) in [5, 5.41) is 42.1. The monoisotopic (exact) mass is 487 g/mol. The highest BCUT2D eigenvalue weighted by atomic mass is 32.1. The summed E-state index contributed by atoms with van der Waals surface area (Å²) in [7, 11) is 0. The number of thiophene rings is 1. The first-order valence-corrected chi connectivity index (χ1v) is 11.4. The summed E-state index contributed by atoms with van der Waals surface area (Å²) in [4.78, 5) is 6.09. The third-order valence-electron chi connectivity index (χ3n) is 5.31. The molecular weight excluding hydrogens is 467 g/mol.